The normalized spacial score (nSPS) is 12.9. The summed E-state index contributed by atoms with van der Waals surface area (Å²) >= 11 is 1.04. The van der Waals surface area contributed by atoms with Crippen molar-refractivity contribution in [2.24, 2.45) is 0 Å². The molecule has 0 bridgehead atoms. The van der Waals surface area contributed by atoms with Crippen molar-refractivity contribution in [2.75, 3.05) is 0 Å². The molecule has 1 aliphatic rings. The Morgan fingerprint density at radius 3 is 0.846 bits per heavy atom. The fourth-order valence-electron chi connectivity index (χ4n) is 10.1. The van der Waals surface area contributed by atoms with Crippen LogP contribution in [0, 0.1) is 0 Å². The zero-order valence-electron chi connectivity index (χ0n) is 45.0. The molecule has 0 saturated heterocycles. The van der Waals surface area contributed by atoms with Crippen molar-refractivity contribution >= 4 is 11.4 Å². The number of aryl methyl sites for hydroxylation is 4. The molecule has 0 atom stereocenters. The first-order chi connectivity index (χ1) is 31.8. The van der Waals surface area contributed by atoms with Gasteiger partial charge in [-0.15, -0.1) is 0 Å². The number of hydrogen-bond donors (Lipinski definition) is 0. The molecule has 0 spiro atoms. The van der Waals surface area contributed by atoms with Crippen molar-refractivity contribution in [1.82, 2.24) is 0 Å². The van der Waals surface area contributed by atoms with Gasteiger partial charge in [-0.2, -0.15) is 0 Å². The Kier molecular flexibility index (Phi) is 34.7. The predicted octanol–water partition coefficient (Wildman–Crippen LogP) is 21.1. The van der Waals surface area contributed by atoms with Gasteiger partial charge in [-0.05, 0) is 160 Å². The Morgan fingerprint density at radius 2 is 0.585 bits per heavy atom. The molecule has 2 nitrogen and oxygen atoms in total. The summed E-state index contributed by atoms with van der Waals surface area (Å²) in [6, 6.07) is 10.3. The van der Waals surface area contributed by atoms with Crippen molar-refractivity contribution in [2.45, 2.75) is 297 Å². The summed E-state index contributed by atoms with van der Waals surface area (Å²) in [6.45, 7) is 23.2. The van der Waals surface area contributed by atoms with E-state index in [1.54, 1.807) is 38.1 Å². The van der Waals surface area contributed by atoms with Crippen LogP contribution in [0.25, 0.3) is 16.9 Å². The van der Waals surface area contributed by atoms with Crippen molar-refractivity contribution in [1.29, 1.82) is 0 Å². The molecule has 65 heavy (non-hydrogen) atoms. The summed E-state index contributed by atoms with van der Waals surface area (Å²) in [7, 11) is 0. The van der Waals surface area contributed by atoms with Gasteiger partial charge in [0.1, 0.15) is 0 Å². The van der Waals surface area contributed by atoms with Gasteiger partial charge < -0.3 is 5.53 Å². The van der Waals surface area contributed by atoms with Gasteiger partial charge in [-0.25, -0.2) is 4.70 Å². The number of benzene rings is 2. The number of hydrogen-bond acceptors (Lipinski definition) is 0. The molecule has 2 aromatic carbocycles. The molecule has 0 fully saturated rings. The van der Waals surface area contributed by atoms with E-state index in [9.17, 15) is 5.53 Å². The summed E-state index contributed by atoms with van der Waals surface area (Å²) in [5.41, 5.74) is 30.3. The van der Waals surface area contributed by atoms with Crippen molar-refractivity contribution < 1.29 is 22.7 Å². The van der Waals surface area contributed by atoms with Gasteiger partial charge in [0.05, 0.1) is 0 Å². The minimum absolute atomic E-state index is 1.03. The molecule has 1 heterocycles. The number of nitrogens with zero attached hydrogens (tertiary/aromatic N) is 2. The molecular weight excluding hydrogens is 879 g/mol. The Labute approximate surface area is 414 Å². The van der Waals surface area contributed by atoms with Crippen LogP contribution in [0.4, 0.5) is 0 Å². The second-order valence-electron chi connectivity index (χ2n) is 19.5. The van der Waals surface area contributed by atoms with Crippen LogP contribution in [0.5, 0.6) is 0 Å². The first-order valence-electron chi connectivity index (χ1n) is 28.6. The molecular formula is C62H106N2Pd. The van der Waals surface area contributed by atoms with Gasteiger partial charge in [-0.1, -0.05) is 171 Å². The van der Waals surface area contributed by atoms with E-state index < -0.39 is 0 Å². The van der Waals surface area contributed by atoms with Crippen LogP contribution in [-0.2, 0) is 56.5 Å². The Morgan fingerprint density at radius 1 is 0.323 bits per heavy atom. The van der Waals surface area contributed by atoms with Gasteiger partial charge in [0.25, 0.3) is 0 Å². The van der Waals surface area contributed by atoms with E-state index in [1.807, 2.05) is 0 Å². The third-order valence-corrected chi connectivity index (χ3v) is 15.5. The van der Waals surface area contributed by atoms with E-state index in [2.05, 4.69) is 93.5 Å². The average Bonchev–Trinajstić information content (AvgIpc) is 3.59. The van der Waals surface area contributed by atoms with Gasteiger partial charge >= 0.3 is 41.6 Å². The van der Waals surface area contributed by atoms with Crippen molar-refractivity contribution in [3.63, 3.8) is 0 Å². The van der Waals surface area contributed by atoms with Crippen LogP contribution in [-0.4, -0.2) is 4.70 Å². The molecule has 1 aliphatic heterocycles. The zero-order valence-corrected chi connectivity index (χ0v) is 46.5. The second kappa shape index (κ2) is 38.1. The van der Waals surface area contributed by atoms with Gasteiger partial charge in [0.15, 0.2) is 0 Å². The summed E-state index contributed by atoms with van der Waals surface area (Å²) < 4.78 is 1.76. The molecule has 374 valence electrons. The van der Waals surface area contributed by atoms with E-state index in [0.29, 0.717) is 0 Å². The molecule has 0 aliphatic carbocycles. The molecule has 0 radical (unpaired) electrons. The maximum atomic E-state index is 13.1. The number of unbranched alkanes of at least 4 members (excludes halogenated alkanes) is 18. The van der Waals surface area contributed by atoms with Crippen molar-refractivity contribution in [3.05, 3.63) is 85.5 Å². The van der Waals surface area contributed by atoms with Crippen LogP contribution in [0.1, 0.15) is 294 Å². The SMILES string of the molecule is CCCCCCC1=C(c2cc(CCCCCC)c(CCCC)c(CCCCCC)c2)[N+](=[N-])C(c2cc(CCCCCC)c(CCCC)c(CCCCCC)c2)=C1CCCC.C[CH2][Pd][CH2]C. The molecule has 0 N–H and O–H groups in total. The maximum absolute atomic E-state index is 13.1. The van der Waals surface area contributed by atoms with Crippen LogP contribution < -0.4 is 0 Å². The predicted molar refractivity (Wildman–Crippen MR) is 288 cm³/mol. The third-order valence-electron chi connectivity index (χ3n) is 13.9. The fourth-order valence-corrected chi connectivity index (χ4v) is 10.9. The molecule has 0 aromatic heterocycles. The van der Waals surface area contributed by atoms with Crippen LogP contribution in [0.2, 0.25) is 9.79 Å². The first kappa shape index (κ1) is 59.3. The number of rotatable bonds is 38. The van der Waals surface area contributed by atoms with Crippen LogP contribution >= 0.6 is 0 Å². The third kappa shape index (κ3) is 21.6. The Bertz CT molecular complexity index is 1560. The quantitative estimate of drug-likeness (QED) is 0.0364. The van der Waals surface area contributed by atoms with E-state index >= 15 is 0 Å². The fraction of sp³-hybridized carbons (Fsp3) is 0.742. The standard InChI is InChI=1S/C58H96N2.2C2H5.Pd/c1-9-17-25-30-35-47-43-51(44-48(36-31-26-18-10-2)53(47)39-22-14-6)57-55(41-24-16-8)56(42-34-29-21-13-5)58(60(57)59)52-45-49(37-32-27-19-11-3)54(40-23-15-7)50(46-52)38-33-28-20-12-4;2*1-2;/h43-46H,9-42H2,1-8H3;2*1H2,2H3;. The summed E-state index contributed by atoms with van der Waals surface area (Å²) in [6.07, 6.45) is 42.0. The van der Waals surface area contributed by atoms with E-state index in [4.69, 9.17) is 0 Å². The Balaban J connectivity index is 0.00000274. The van der Waals surface area contributed by atoms with Gasteiger partial charge in [0.2, 0.25) is 11.4 Å². The van der Waals surface area contributed by atoms with Crippen molar-refractivity contribution in [3.8, 4) is 0 Å². The molecule has 0 unspecified atom stereocenters. The summed E-state index contributed by atoms with van der Waals surface area (Å²) in [5.74, 6) is 0. The van der Waals surface area contributed by atoms with E-state index in [0.717, 1.165) is 80.7 Å². The van der Waals surface area contributed by atoms with E-state index in [-0.39, 0.29) is 0 Å². The molecule has 2 aromatic rings. The Hall–Kier alpha value is -1.82. The minimum atomic E-state index is 1.03. The van der Waals surface area contributed by atoms with Crippen LogP contribution in [0.3, 0.4) is 0 Å². The van der Waals surface area contributed by atoms with Gasteiger partial charge in [-0.3, -0.25) is 0 Å². The van der Waals surface area contributed by atoms with Crippen LogP contribution in [0.15, 0.2) is 35.4 Å². The average molecular weight is 986 g/mol. The van der Waals surface area contributed by atoms with E-state index in [1.165, 1.54) is 199 Å². The van der Waals surface area contributed by atoms with Gasteiger partial charge in [0, 0.05) is 22.3 Å². The molecule has 0 amide bonds. The first-order valence-corrected chi connectivity index (χ1v) is 30.8. The summed E-state index contributed by atoms with van der Waals surface area (Å²) in [5, 5.41) is 0. The molecule has 0 saturated carbocycles. The topological polar surface area (TPSA) is 25.3 Å². The summed E-state index contributed by atoms with van der Waals surface area (Å²) in [4.78, 5) is 2.79. The zero-order chi connectivity index (χ0) is 47.5. The number of allylic oxidation sites excluding steroid dienone is 2. The molecule has 3 heteroatoms. The second-order valence-corrected chi connectivity index (χ2v) is 22.5. The molecule has 3 rings (SSSR count). The monoisotopic (exact) mass is 985 g/mol.